The van der Waals surface area contributed by atoms with Gasteiger partial charge in [0, 0.05) is 0 Å². The largest absolute Gasteiger partial charge is 0.375 e. The number of hydrogen-bond donors (Lipinski definition) is 1. The van der Waals surface area contributed by atoms with Crippen LogP contribution in [0.3, 0.4) is 0 Å². The number of nitrogens with one attached hydrogen (secondary N) is 1. The molecule has 0 saturated heterocycles. The molecule has 0 fully saturated rings. The van der Waals surface area contributed by atoms with Crippen molar-refractivity contribution in [3.05, 3.63) is 46.4 Å². The monoisotopic (exact) mass is 267 g/mol. The molecular weight excluding hydrogens is 258 g/mol. The topological polar surface area (TPSA) is 85.8 Å². The van der Waals surface area contributed by atoms with Gasteiger partial charge in [0.05, 0.1) is 25.0 Å². The molecule has 2 rings (SSSR count). The summed E-state index contributed by atoms with van der Waals surface area (Å²) in [5.74, 6) is 0.460. The quantitative estimate of drug-likeness (QED) is 0.816. The molecule has 0 spiro atoms. The van der Waals surface area contributed by atoms with Crippen LogP contribution in [0.25, 0.3) is 0 Å². The summed E-state index contributed by atoms with van der Waals surface area (Å²) in [6.45, 7) is 4.14. The van der Waals surface area contributed by atoms with Crippen molar-refractivity contribution in [3.8, 4) is 0 Å². The third kappa shape index (κ3) is 2.57. The van der Waals surface area contributed by atoms with Gasteiger partial charge >= 0.3 is 0 Å². The highest BCUT2D eigenvalue weighted by Crippen LogP contribution is 2.15. The van der Waals surface area contributed by atoms with Crippen LogP contribution >= 0.6 is 11.6 Å². The van der Waals surface area contributed by atoms with Crippen LogP contribution in [0.15, 0.2) is 34.6 Å². The van der Waals surface area contributed by atoms with Gasteiger partial charge in [-0.2, -0.15) is 10.1 Å². The predicted octanol–water partition coefficient (Wildman–Crippen LogP) is 1.08. The maximum Gasteiger partial charge on any atom is 0.287 e. The van der Waals surface area contributed by atoms with Crippen LogP contribution < -0.4 is 10.9 Å². The van der Waals surface area contributed by atoms with Crippen molar-refractivity contribution in [1.82, 2.24) is 19.9 Å². The smallest absolute Gasteiger partial charge is 0.287 e. The average Bonchev–Trinajstić information content (AvgIpc) is 2.87. The summed E-state index contributed by atoms with van der Waals surface area (Å²) < 4.78 is 5.80. The number of allylic oxidation sites excluding steroid dienone is 1. The highest BCUT2D eigenvalue weighted by atomic mass is 35.5. The Kier molecular flexibility index (Phi) is 3.73. The molecule has 1 N–H and O–H groups in total. The zero-order valence-corrected chi connectivity index (χ0v) is 10.1. The molecule has 2 aromatic heterocycles. The highest BCUT2D eigenvalue weighted by molar-refractivity contribution is 6.32. The minimum atomic E-state index is -0.380. The molecule has 7 nitrogen and oxygen atoms in total. The lowest BCUT2D eigenvalue weighted by Gasteiger charge is -2.07. The van der Waals surface area contributed by atoms with Crippen LogP contribution in [-0.4, -0.2) is 19.9 Å². The van der Waals surface area contributed by atoms with Gasteiger partial charge in [0.25, 0.3) is 5.56 Å². The molecule has 2 heterocycles. The van der Waals surface area contributed by atoms with Gasteiger partial charge < -0.3 is 9.84 Å². The molecule has 0 saturated carbocycles. The number of halogens is 1. The highest BCUT2D eigenvalue weighted by Gasteiger charge is 2.09. The maximum absolute atomic E-state index is 11.8. The Morgan fingerprint density at radius 1 is 1.61 bits per heavy atom. The molecule has 0 radical (unpaired) electrons. The van der Waals surface area contributed by atoms with E-state index in [1.54, 1.807) is 6.08 Å². The molecule has 0 aromatic carbocycles. The predicted molar refractivity (Wildman–Crippen MR) is 65.3 cm³/mol. The first-order valence-corrected chi connectivity index (χ1v) is 5.46. The zero-order chi connectivity index (χ0) is 13.0. The minimum absolute atomic E-state index is 0.0651. The Morgan fingerprint density at radius 3 is 3.11 bits per heavy atom. The van der Waals surface area contributed by atoms with Gasteiger partial charge in [-0.3, -0.25) is 4.79 Å². The van der Waals surface area contributed by atoms with E-state index in [1.807, 2.05) is 0 Å². The summed E-state index contributed by atoms with van der Waals surface area (Å²) in [5, 5.41) is 10.5. The van der Waals surface area contributed by atoms with Gasteiger partial charge in [0.15, 0.2) is 5.82 Å². The van der Waals surface area contributed by atoms with Crippen LogP contribution in [0.1, 0.15) is 5.82 Å². The van der Waals surface area contributed by atoms with Gasteiger partial charge in [0.2, 0.25) is 6.39 Å². The standard InChI is InChI=1S/C10H10ClN5O2/c1-2-3-16-10(17)9(11)7(4-14-16)12-5-8-13-6-18-15-8/h2,4,6,12H,1,3,5H2. The van der Waals surface area contributed by atoms with Crippen molar-refractivity contribution < 1.29 is 4.52 Å². The minimum Gasteiger partial charge on any atom is -0.375 e. The Labute approximate surface area is 107 Å². The second kappa shape index (κ2) is 5.46. The third-order valence-electron chi connectivity index (χ3n) is 2.13. The van der Waals surface area contributed by atoms with Crippen molar-refractivity contribution in [2.45, 2.75) is 13.1 Å². The first-order chi connectivity index (χ1) is 8.72. The zero-order valence-electron chi connectivity index (χ0n) is 9.34. The normalized spacial score (nSPS) is 10.3. The average molecular weight is 268 g/mol. The Hall–Kier alpha value is -2.15. The maximum atomic E-state index is 11.8. The molecule has 0 aliphatic rings. The molecule has 8 heteroatoms. The molecule has 0 amide bonds. The number of anilines is 1. The second-order valence-electron chi connectivity index (χ2n) is 3.35. The molecule has 94 valence electrons. The molecule has 0 aliphatic carbocycles. The van der Waals surface area contributed by atoms with E-state index in [-0.39, 0.29) is 10.6 Å². The van der Waals surface area contributed by atoms with Crippen molar-refractivity contribution in [2.75, 3.05) is 5.32 Å². The van der Waals surface area contributed by atoms with E-state index in [4.69, 9.17) is 11.6 Å². The number of aromatic nitrogens is 4. The number of nitrogens with zero attached hydrogens (tertiary/aromatic N) is 4. The lowest BCUT2D eigenvalue weighted by molar-refractivity contribution is 0.411. The fourth-order valence-corrected chi connectivity index (χ4v) is 1.50. The van der Waals surface area contributed by atoms with E-state index in [9.17, 15) is 4.79 Å². The third-order valence-corrected chi connectivity index (χ3v) is 2.50. The summed E-state index contributed by atoms with van der Waals surface area (Å²) in [5.41, 5.74) is 0.0430. The first kappa shape index (κ1) is 12.3. The summed E-state index contributed by atoms with van der Waals surface area (Å²) >= 11 is 5.94. The van der Waals surface area contributed by atoms with Crippen LogP contribution in [-0.2, 0) is 13.1 Å². The molecule has 0 atom stereocenters. The second-order valence-corrected chi connectivity index (χ2v) is 3.73. The molecular formula is C10H10ClN5O2. The molecule has 0 unspecified atom stereocenters. The van der Waals surface area contributed by atoms with Gasteiger partial charge in [0.1, 0.15) is 5.02 Å². The first-order valence-electron chi connectivity index (χ1n) is 5.08. The van der Waals surface area contributed by atoms with Crippen molar-refractivity contribution >= 4 is 17.3 Å². The Morgan fingerprint density at radius 2 is 2.44 bits per heavy atom. The van der Waals surface area contributed by atoms with E-state index in [2.05, 4.69) is 31.7 Å². The summed E-state index contributed by atoms with van der Waals surface area (Å²) in [7, 11) is 0. The van der Waals surface area contributed by atoms with E-state index in [1.165, 1.54) is 17.3 Å². The lowest BCUT2D eigenvalue weighted by Crippen LogP contribution is -2.23. The summed E-state index contributed by atoms with van der Waals surface area (Å²) in [6, 6.07) is 0. The fourth-order valence-electron chi connectivity index (χ4n) is 1.29. The Balaban J connectivity index is 2.16. The molecule has 0 bridgehead atoms. The molecule has 2 aromatic rings. The van der Waals surface area contributed by atoms with Gasteiger partial charge in [-0.1, -0.05) is 22.8 Å². The van der Waals surface area contributed by atoms with Crippen molar-refractivity contribution in [3.63, 3.8) is 0 Å². The van der Waals surface area contributed by atoms with E-state index in [0.717, 1.165) is 0 Å². The van der Waals surface area contributed by atoms with Crippen LogP contribution in [0.2, 0.25) is 5.02 Å². The van der Waals surface area contributed by atoms with Gasteiger partial charge in [-0.25, -0.2) is 4.68 Å². The van der Waals surface area contributed by atoms with Gasteiger partial charge in [-0.05, 0) is 0 Å². The number of hydrogen-bond acceptors (Lipinski definition) is 6. The van der Waals surface area contributed by atoms with Crippen LogP contribution in [0.5, 0.6) is 0 Å². The van der Waals surface area contributed by atoms with Crippen molar-refractivity contribution in [1.29, 1.82) is 0 Å². The van der Waals surface area contributed by atoms with Crippen LogP contribution in [0.4, 0.5) is 5.69 Å². The van der Waals surface area contributed by atoms with Crippen molar-refractivity contribution in [2.24, 2.45) is 0 Å². The van der Waals surface area contributed by atoms with E-state index >= 15 is 0 Å². The van der Waals surface area contributed by atoms with Crippen LogP contribution in [0, 0.1) is 0 Å². The number of rotatable bonds is 5. The summed E-state index contributed by atoms with van der Waals surface area (Å²) in [4.78, 5) is 15.6. The summed E-state index contributed by atoms with van der Waals surface area (Å²) in [6.07, 6.45) is 4.25. The molecule has 18 heavy (non-hydrogen) atoms. The molecule has 0 aliphatic heterocycles. The van der Waals surface area contributed by atoms with Gasteiger partial charge in [-0.15, -0.1) is 6.58 Å². The SMILES string of the molecule is C=CCn1ncc(NCc2ncon2)c(Cl)c1=O. The fraction of sp³-hybridized carbons (Fsp3) is 0.200. The van der Waals surface area contributed by atoms with E-state index < -0.39 is 0 Å². The Bertz CT molecular complexity index is 593. The van der Waals surface area contributed by atoms with E-state index in [0.29, 0.717) is 24.6 Å². The lowest BCUT2D eigenvalue weighted by atomic mass is 10.4.